The Morgan fingerprint density at radius 3 is 2.52 bits per heavy atom. The van der Waals surface area contributed by atoms with Gasteiger partial charge in [0, 0.05) is 6.07 Å². The first-order valence-electron chi connectivity index (χ1n) is 9.84. The third-order valence-electron chi connectivity index (χ3n) is 4.56. The molecule has 33 heavy (non-hydrogen) atoms. The Balaban J connectivity index is 1.64. The smallest absolute Gasteiger partial charge is 0.324 e. The molecule has 11 nitrogen and oxygen atoms in total. The average molecular weight is 498 g/mol. The van der Waals surface area contributed by atoms with Gasteiger partial charge >= 0.3 is 5.97 Å². The number of amides is 2. The molecule has 1 aliphatic heterocycles. The number of hydrogen-bond acceptors (Lipinski definition) is 9. The lowest BCUT2D eigenvalue weighted by molar-refractivity contribution is -0.150. The number of primary amides is 1. The zero-order valence-corrected chi connectivity index (χ0v) is 19.5. The van der Waals surface area contributed by atoms with E-state index in [0.717, 1.165) is 11.3 Å². The van der Waals surface area contributed by atoms with Gasteiger partial charge in [-0.1, -0.05) is 13.8 Å². The Bertz CT molecular complexity index is 1160. The van der Waals surface area contributed by atoms with Crippen LogP contribution in [0.4, 0.5) is 5.00 Å². The maximum Gasteiger partial charge on any atom is 0.324 e. The number of nitrogens with one attached hydrogen (secondary N) is 2. The molecule has 0 saturated heterocycles. The molecular formula is C20H23N3O8S2. The van der Waals surface area contributed by atoms with Gasteiger partial charge < -0.3 is 25.3 Å². The van der Waals surface area contributed by atoms with Gasteiger partial charge in [-0.25, -0.2) is 8.42 Å². The number of thiophene rings is 1. The summed E-state index contributed by atoms with van der Waals surface area (Å²) in [5, 5.41) is 4.23. The summed E-state index contributed by atoms with van der Waals surface area (Å²) >= 11 is 1.08. The van der Waals surface area contributed by atoms with Crippen LogP contribution in [0.1, 0.15) is 24.2 Å². The van der Waals surface area contributed by atoms with Crippen LogP contribution in [0.2, 0.25) is 0 Å². The van der Waals surface area contributed by atoms with E-state index in [-0.39, 0.29) is 21.2 Å². The van der Waals surface area contributed by atoms with Crippen LogP contribution in [0.3, 0.4) is 0 Å². The van der Waals surface area contributed by atoms with Crippen molar-refractivity contribution in [3.05, 3.63) is 35.2 Å². The zero-order chi connectivity index (χ0) is 24.2. The molecule has 0 aliphatic carbocycles. The van der Waals surface area contributed by atoms with Gasteiger partial charge in [0.15, 0.2) is 18.1 Å². The number of anilines is 1. The molecule has 0 saturated carbocycles. The third kappa shape index (κ3) is 6.00. The van der Waals surface area contributed by atoms with Crippen molar-refractivity contribution in [2.45, 2.75) is 24.8 Å². The monoisotopic (exact) mass is 497 g/mol. The fourth-order valence-electron chi connectivity index (χ4n) is 2.87. The molecule has 0 unspecified atom stereocenters. The second-order valence-electron chi connectivity index (χ2n) is 7.33. The molecule has 1 aromatic carbocycles. The molecule has 3 rings (SSSR count). The number of carbonyl (C=O) groups excluding carboxylic acids is 3. The number of esters is 1. The van der Waals surface area contributed by atoms with Gasteiger partial charge in [0.25, 0.3) is 11.8 Å². The van der Waals surface area contributed by atoms with Crippen LogP contribution in [0.25, 0.3) is 0 Å². The van der Waals surface area contributed by atoms with Gasteiger partial charge in [-0.15, -0.1) is 11.3 Å². The molecule has 0 bridgehead atoms. The molecule has 13 heteroatoms. The number of hydrogen-bond donors (Lipinski definition) is 3. The molecule has 4 N–H and O–H groups in total. The largest absolute Gasteiger partial charge is 0.486 e. The normalized spacial score (nSPS) is 13.9. The van der Waals surface area contributed by atoms with Crippen LogP contribution >= 0.6 is 11.3 Å². The summed E-state index contributed by atoms with van der Waals surface area (Å²) in [5.41, 5.74) is 5.36. The number of benzene rings is 1. The first kappa shape index (κ1) is 24.5. The Labute approximate surface area is 194 Å². The van der Waals surface area contributed by atoms with Gasteiger partial charge in [-0.2, -0.15) is 4.72 Å². The van der Waals surface area contributed by atoms with E-state index >= 15 is 0 Å². The van der Waals surface area contributed by atoms with Crippen molar-refractivity contribution in [2.24, 2.45) is 11.7 Å². The summed E-state index contributed by atoms with van der Waals surface area (Å²) < 4.78 is 43.8. The third-order valence-corrected chi connectivity index (χ3v) is 6.82. The highest BCUT2D eigenvalue weighted by Crippen LogP contribution is 2.32. The van der Waals surface area contributed by atoms with Gasteiger partial charge in [-0.05, 0) is 29.5 Å². The summed E-state index contributed by atoms with van der Waals surface area (Å²) in [6.45, 7) is 3.23. The van der Waals surface area contributed by atoms with Gasteiger partial charge in [-0.3, -0.25) is 14.4 Å². The molecule has 1 aliphatic rings. The van der Waals surface area contributed by atoms with Crippen molar-refractivity contribution in [1.29, 1.82) is 0 Å². The van der Waals surface area contributed by atoms with Crippen LogP contribution in [-0.2, 0) is 24.3 Å². The molecule has 0 radical (unpaired) electrons. The van der Waals surface area contributed by atoms with Crippen molar-refractivity contribution in [1.82, 2.24) is 4.72 Å². The summed E-state index contributed by atoms with van der Waals surface area (Å²) in [6.07, 6.45) is 0. The lowest BCUT2D eigenvalue weighted by Crippen LogP contribution is -2.45. The highest BCUT2D eigenvalue weighted by atomic mass is 32.2. The van der Waals surface area contributed by atoms with Crippen LogP contribution in [0.5, 0.6) is 11.5 Å². The molecule has 2 heterocycles. The van der Waals surface area contributed by atoms with Gasteiger partial charge in [0.1, 0.15) is 24.3 Å². The van der Waals surface area contributed by atoms with E-state index in [4.69, 9.17) is 19.9 Å². The highest BCUT2D eigenvalue weighted by Gasteiger charge is 2.31. The van der Waals surface area contributed by atoms with Crippen LogP contribution < -0.4 is 25.2 Å². The number of rotatable bonds is 9. The molecule has 1 aromatic heterocycles. The van der Waals surface area contributed by atoms with Gasteiger partial charge in [0.05, 0.1) is 10.5 Å². The van der Waals surface area contributed by atoms with Crippen LogP contribution in [0.15, 0.2) is 34.5 Å². The minimum absolute atomic E-state index is 0.111. The Morgan fingerprint density at radius 1 is 1.15 bits per heavy atom. The first-order chi connectivity index (χ1) is 15.6. The van der Waals surface area contributed by atoms with Crippen molar-refractivity contribution < 1.29 is 37.0 Å². The van der Waals surface area contributed by atoms with Crippen molar-refractivity contribution in [2.75, 3.05) is 25.1 Å². The molecular weight excluding hydrogens is 474 g/mol. The number of sulfonamides is 1. The lowest BCUT2D eigenvalue weighted by atomic mass is 10.1. The van der Waals surface area contributed by atoms with Crippen molar-refractivity contribution >= 4 is 44.1 Å². The predicted octanol–water partition coefficient (Wildman–Crippen LogP) is 1.10. The number of ether oxygens (including phenoxy) is 3. The maximum atomic E-state index is 12.9. The minimum atomic E-state index is -4.11. The van der Waals surface area contributed by atoms with E-state index in [9.17, 15) is 22.8 Å². The summed E-state index contributed by atoms with van der Waals surface area (Å²) in [7, 11) is -4.11. The Hall–Kier alpha value is -3.16. The first-order valence-corrected chi connectivity index (χ1v) is 12.2. The Morgan fingerprint density at radius 2 is 1.85 bits per heavy atom. The summed E-state index contributed by atoms with van der Waals surface area (Å²) in [5.74, 6) is -2.11. The van der Waals surface area contributed by atoms with Crippen molar-refractivity contribution in [3.63, 3.8) is 0 Å². The lowest BCUT2D eigenvalue weighted by Gasteiger charge is -2.22. The van der Waals surface area contributed by atoms with Crippen molar-refractivity contribution in [3.8, 4) is 11.5 Å². The van der Waals surface area contributed by atoms with E-state index in [1.54, 1.807) is 19.2 Å². The summed E-state index contributed by atoms with van der Waals surface area (Å²) in [6, 6.07) is 4.32. The van der Waals surface area contributed by atoms with E-state index < -0.39 is 46.4 Å². The molecule has 2 aromatic rings. The molecule has 1 atom stereocenters. The fraction of sp³-hybridized carbons (Fsp3) is 0.350. The highest BCUT2D eigenvalue weighted by molar-refractivity contribution is 7.89. The Kier molecular flexibility index (Phi) is 7.56. The van der Waals surface area contributed by atoms with E-state index in [2.05, 4.69) is 10.0 Å². The number of fused-ring (bicyclic) bond motifs is 1. The fourth-order valence-corrected chi connectivity index (χ4v) is 5.03. The zero-order valence-electron chi connectivity index (χ0n) is 17.8. The molecule has 2 amide bonds. The summed E-state index contributed by atoms with van der Waals surface area (Å²) in [4.78, 5) is 35.9. The molecule has 0 fully saturated rings. The van der Waals surface area contributed by atoms with Crippen LogP contribution in [-0.4, -0.2) is 52.1 Å². The van der Waals surface area contributed by atoms with Gasteiger partial charge in [0.2, 0.25) is 10.0 Å². The number of carbonyl (C=O) groups is 3. The SMILES string of the molecule is CC(C)[C@H](NS(=O)(=O)c1ccc2c(c1)OCCO2)C(=O)OCC(=O)Nc1sccc1C(N)=O. The molecule has 178 valence electrons. The second-order valence-corrected chi connectivity index (χ2v) is 9.96. The standard InChI is InChI=1S/C20H23N3O8S2/c1-11(2)17(20(26)31-10-16(24)22-19-13(18(21)25)5-8-32-19)23-33(27,28)12-3-4-14-15(9-12)30-7-6-29-14/h3-5,8-9,11,17,23H,6-7,10H2,1-2H3,(H2,21,25)(H,22,24)/t17-/m0/s1. The van der Waals surface area contributed by atoms with E-state index in [1.165, 1.54) is 24.3 Å². The van der Waals surface area contributed by atoms with E-state index in [0.29, 0.717) is 19.0 Å². The minimum Gasteiger partial charge on any atom is -0.486 e. The van der Waals surface area contributed by atoms with Crippen LogP contribution in [0, 0.1) is 5.92 Å². The van der Waals surface area contributed by atoms with E-state index in [1.807, 2.05) is 0 Å². The maximum absolute atomic E-state index is 12.9. The predicted molar refractivity (Wildman–Crippen MR) is 119 cm³/mol. The quantitative estimate of drug-likeness (QED) is 0.434. The topological polar surface area (TPSA) is 163 Å². The molecule has 0 spiro atoms. The average Bonchev–Trinajstić information content (AvgIpc) is 3.23. The second kappa shape index (κ2) is 10.2. The number of nitrogens with two attached hydrogens (primary N) is 1.